The number of aliphatic hydroxyl groups excluding tert-OH is 1. The molecule has 0 spiro atoms. The molecular weight excluding hydrogens is 597 g/mol. The molecular formula is C44H42BN3O. The van der Waals surface area contributed by atoms with Crippen molar-refractivity contribution in [2.75, 3.05) is 10.2 Å². The molecule has 0 aromatic heterocycles. The van der Waals surface area contributed by atoms with Gasteiger partial charge in [0, 0.05) is 29.1 Å². The average Bonchev–Trinajstić information content (AvgIpc) is 3.11. The lowest BCUT2D eigenvalue weighted by atomic mass is 9.59. The third kappa shape index (κ3) is 7.27. The number of nitrogens with zero attached hydrogens (tertiary/aromatic N) is 1. The van der Waals surface area contributed by atoms with Crippen LogP contribution in [0, 0.1) is 12.8 Å². The fourth-order valence-corrected chi connectivity index (χ4v) is 6.79. The molecule has 0 fully saturated rings. The van der Waals surface area contributed by atoms with Gasteiger partial charge >= 0.3 is 0 Å². The van der Waals surface area contributed by atoms with Crippen LogP contribution in [-0.2, 0) is 0 Å². The van der Waals surface area contributed by atoms with Gasteiger partial charge in [0.05, 0.1) is 17.1 Å². The second-order valence-corrected chi connectivity index (χ2v) is 13.0. The lowest BCUT2D eigenvalue weighted by molar-refractivity contribution is 0.360. The summed E-state index contributed by atoms with van der Waals surface area (Å²) in [7, 11) is 0.720. The van der Waals surface area contributed by atoms with E-state index < -0.39 is 0 Å². The van der Waals surface area contributed by atoms with Crippen molar-refractivity contribution < 1.29 is 5.11 Å². The molecule has 4 nitrogen and oxygen atoms in total. The standard InChI is InChI=1S/C44H42BN3O/c1-31-25-26-40(42(49)29-31)46-30-34-16-13-12-15-33-27-32(2)28-39(43(33)45-34)38-23-14-24-41(44(38)47-35-17-6-3-7-18-35)48(36-19-8-4-9-20-36)37-21-10-5-11-22-37/h3-4,6-10,12-28,30-31,45-47,49H,5,11,29H2,1-2H3/b15-12-,16-13-,34-30-. The monoisotopic (exact) mass is 639 g/mol. The summed E-state index contributed by atoms with van der Waals surface area (Å²) in [4.78, 5) is 2.38. The van der Waals surface area contributed by atoms with E-state index in [1.807, 2.05) is 12.3 Å². The third-order valence-corrected chi connectivity index (χ3v) is 9.20. The first-order chi connectivity index (χ1) is 24.0. The summed E-state index contributed by atoms with van der Waals surface area (Å²) >= 11 is 0. The highest BCUT2D eigenvalue weighted by atomic mass is 16.3. The summed E-state index contributed by atoms with van der Waals surface area (Å²) in [5.74, 6) is 0.734. The predicted molar refractivity (Wildman–Crippen MR) is 210 cm³/mol. The molecule has 0 saturated carbocycles. The molecule has 0 bridgehead atoms. The maximum Gasteiger partial charge on any atom is 0.195 e. The zero-order valence-corrected chi connectivity index (χ0v) is 28.2. The molecule has 4 aromatic rings. The average molecular weight is 640 g/mol. The van der Waals surface area contributed by atoms with Crippen molar-refractivity contribution in [3.05, 3.63) is 180 Å². The van der Waals surface area contributed by atoms with Gasteiger partial charge in [-0.25, -0.2) is 0 Å². The molecule has 49 heavy (non-hydrogen) atoms. The lowest BCUT2D eigenvalue weighted by Crippen LogP contribution is -2.25. The van der Waals surface area contributed by atoms with Crippen LogP contribution < -0.4 is 21.0 Å². The summed E-state index contributed by atoms with van der Waals surface area (Å²) in [6, 6.07) is 32.3. The van der Waals surface area contributed by atoms with Crippen molar-refractivity contribution in [1.82, 2.24) is 5.32 Å². The second-order valence-electron chi connectivity index (χ2n) is 13.0. The Morgan fingerprint density at radius 1 is 0.837 bits per heavy atom. The molecule has 0 saturated heterocycles. The molecule has 7 rings (SSSR count). The van der Waals surface area contributed by atoms with Crippen LogP contribution >= 0.6 is 0 Å². The van der Waals surface area contributed by atoms with Gasteiger partial charge in [-0.15, -0.1) is 0 Å². The largest absolute Gasteiger partial charge is 0.510 e. The van der Waals surface area contributed by atoms with Crippen molar-refractivity contribution >= 4 is 41.6 Å². The molecule has 1 aliphatic heterocycles. The number of fused-ring (bicyclic) bond motifs is 1. The second kappa shape index (κ2) is 14.6. The molecule has 0 radical (unpaired) electrons. The molecule has 242 valence electrons. The van der Waals surface area contributed by atoms with Crippen LogP contribution in [0.15, 0.2) is 168 Å². The number of anilines is 4. The van der Waals surface area contributed by atoms with Gasteiger partial charge < -0.3 is 20.6 Å². The van der Waals surface area contributed by atoms with Gasteiger partial charge in [0.15, 0.2) is 7.28 Å². The summed E-state index contributed by atoms with van der Waals surface area (Å²) in [5.41, 5.74) is 13.3. The van der Waals surface area contributed by atoms with E-state index in [-0.39, 0.29) is 0 Å². The van der Waals surface area contributed by atoms with Crippen molar-refractivity contribution in [3.63, 3.8) is 0 Å². The van der Waals surface area contributed by atoms with E-state index in [0.717, 1.165) is 59.6 Å². The van der Waals surface area contributed by atoms with Crippen molar-refractivity contribution in [3.8, 4) is 11.1 Å². The predicted octanol–water partition coefficient (Wildman–Crippen LogP) is 10.2. The molecule has 1 atom stereocenters. The number of nitrogens with one attached hydrogen (secondary N) is 2. The Hall–Kier alpha value is -5.68. The molecule has 0 amide bonds. The van der Waals surface area contributed by atoms with E-state index in [9.17, 15) is 5.11 Å². The molecule has 4 aromatic carbocycles. The number of aliphatic hydroxyl groups is 1. The van der Waals surface area contributed by atoms with E-state index in [1.165, 1.54) is 27.9 Å². The fourth-order valence-electron chi connectivity index (χ4n) is 6.79. The smallest absolute Gasteiger partial charge is 0.195 e. The summed E-state index contributed by atoms with van der Waals surface area (Å²) in [6.07, 6.45) is 24.3. The highest BCUT2D eigenvalue weighted by Gasteiger charge is 2.23. The van der Waals surface area contributed by atoms with Crippen LogP contribution in [0.3, 0.4) is 0 Å². The number of rotatable bonds is 8. The highest BCUT2D eigenvalue weighted by molar-refractivity contribution is 6.64. The zero-order valence-electron chi connectivity index (χ0n) is 28.2. The van der Waals surface area contributed by atoms with Crippen LogP contribution in [0.4, 0.5) is 22.7 Å². The Kier molecular flexibility index (Phi) is 9.51. The maximum absolute atomic E-state index is 10.6. The zero-order chi connectivity index (χ0) is 33.6. The van der Waals surface area contributed by atoms with Gasteiger partial charge in [-0.3, -0.25) is 0 Å². The van der Waals surface area contributed by atoms with Crippen LogP contribution in [0.5, 0.6) is 0 Å². The molecule has 1 unspecified atom stereocenters. The van der Waals surface area contributed by atoms with Gasteiger partial charge in [-0.1, -0.05) is 121 Å². The Morgan fingerprint density at radius 2 is 1.63 bits per heavy atom. The van der Waals surface area contributed by atoms with E-state index in [2.05, 4.69) is 169 Å². The number of allylic oxidation sites excluding steroid dienone is 10. The SMILES string of the molecule is Cc1cc2c(c(-c3cccc(N(C4=CCCC=C4)c4ccccc4)c3Nc3ccccc3)c1)BC(=C\NC1=C(O)CC(C)C=C1)/C=C\C=C/2. The summed E-state index contributed by atoms with van der Waals surface area (Å²) in [6.45, 7) is 4.29. The maximum atomic E-state index is 10.6. The number of para-hydroxylation sites is 3. The van der Waals surface area contributed by atoms with E-state index in [4.69, 9.17) is 0 Å². The minimum atomic E-state index is 0.333. The van der Waals surface area contributed by atoms with Gasteiger partial charge in [-0.2, -0.15) is 0 Å². The molecule has 3 N–H and O–H groups in total. The van der Waals surface area contributed by atoms with Gasteiger partial charge in [0.1, 0.15) is 5.76 Å². The number of hydrogen-bond donors (Lipinski definition) is 3. The number of hydrogen-bond acceptors (Lipinski definition) is 4. The van der Waals surface area contributed by atoms with Crippen LogP contribution in [0.1, 0.15) is 37.3 Å². The summed E-state index contributed by atoms with van der Waals surface area (Å²) in [5, 5.41) is 17.9. The Morgan fingerprint density at radius 3 is 2.41 bits per heavy atom. The molecule has 2 aliphatic carbocycles. The number of aryl methyl sites for hydroxylation is 1. The highest BCUT2D eigenvalue weighted by Crippen LogP contribution is 2.43. The Balaban J connectivity index is 1.39. The minimum absolute atomic E-state index is 0.333. The van der Waals surface area contributed by atoms with Crippen molar-refractivity contribution in [1.29, 1.82) is 0 Å². The van der Waals surface area contributed by atoms with E-state index in [1.54, 1.807) is 0 Å². The fraction of sp³-hybridized carbons (Fsp3) is 0.136. The van der Waals surface area contributed by atoms with E-state index >= 15 is 0 Å². The molecule has 1 heterocycles. The van der Waals surface area contributed by atoms with Crippen LogP contribution in [0.25, 0.3) is 17.2 Å². The van der Waals surface area contributed by atoms with Gasteiger partial charge in [0.2, 0.25) is 0 Å². The first kappa shape index (κ1) is 31.9. The van der Waals surface area contributed by atoms with Crippen LogP contribution in [0.2, 0.25) is 0 Å². The third-order valence-electron chi connectivity index (χ3n) is 9.20. The summed E-state index contributed by atoms with van der Waals surface area (Å²) < 4.78 is 0. The van der Waals surface area contributed by atoms with Crippen LogP contribution in [-0.4, -0.2) is 12.4 Å². The Bertz CT molecular complexity index is 2050. The first-order valence-corrected chi connectivity index (χ1v) is 17.2. The topological polar surface area (TPSA) is 47.5 Å². The lowest BCUT2D eigenvalue weighted by Gasteiger charge is -2.31. The molecule has 5 heteroatoms. The normalized spacial score (nSPS) is 18.9. The quantitative estimate of drug-likeness (QED) is 0.168. The van der Waals surface area contributed by atoms with Gasteiger partial charge in [0.25, 0.3) is 0 Å². The van der Waals surface area contributed by atoms with E-state index in [0.29, 0.717) is 18.1 Å². The number of benzene rings is 4. The van der Waals surface area contributed by atoms with Crippen molar-refractivity contribution in [2.24, 2.45) is 5.92 Å². The molecule has 3 aliphatic rings. The van der Waals surface area contributed by atoms with Crippen molar-refractivity contribution in [2.45, 2.75) is 33.1 Å². The minimum Gasteiger partial charge on any atom is -0.510 e. The van der Waals surface area contributed by atoms with Gasteiger partial charge in [-0.05, 0) is 91.1 Å². The first-order valence-electron chi connectivity index (χ1n) is 17.2. The Labute approximate surface area is 291 Å².